The zero-order chi connectivity index (χ0) is 15.2. The van der Waals surface area contributed by atoms with Crippen molar-refractivity contribution in [2.45, 2.75) is 39.2 Å². The molecule has 0 aliphatic rings. The summed E-state index contributed by atoms with van der Waals surface area (Å²) >= 11 is 3.49. The average Bonchev–Trinajstić information content (AvgIpc) is 2.49. The fourth-order valence-corrected chi connectivity index (χ4v) is 2.79. The first-order valence-corrected chi connectivity index (χ1v) is 8.47. The minimum absolute atomic E-state index is 0.373. The molecule has 2 aromatic carbocycles. The Morgan fingerprint density at radius 2 is 1.48 bits per heavy atom. The van der Waals surface area contributed by atoms with Crippen LogP contribution in [0.25, 0.3) is 0 Å². The van der Waals surface area contributed by atoms with Crippen molar-refractivity contribution in [1.82, 2.24) is 5.32 Å². The first-order chi connectivity index (χ1) is 10.1. The van der Waals surface area contributed by atoms with Gasteiger partial charge in [-0.2, -0.15) is 0 Å². The van der Waals surface area contributed by atoms with E-state index in [9.17, 15) is 0 Å². The summed E-state index contributed by atoms with van der Waals surface area (Å²) in [6, 6.07) is 18.0. The van der Waals surface area contributed by atoms with Crippen LogP contribution in [0.1, 0.15) is 49.4 Å². The van der Waals surface area contributed by atoms with E-state index in [0.29, 0.717) is 12.0 Å². The van der Waals surface area contributed by atoms with E-state index in [-0.39, 0.29) is 0 Å². The molecule has 0 heterocycles. The lowest BCUT2D eigenvalue weighted by Crippen LogP contribution is -2.23. The van der Waals surface area contributed by atoms with Crippen molar-refractivity contribution in [2.24, 2.45) is 0 Å². The van der Waals surface area contributed by atoms with Crippen molar-refractivity contribution in [2.75, 3.05) is 6.54 Å². The highest BCUT2D eigenvalue weighted by atomic mass is 79.9. The maximum atomic E-state index is 3.60. The number of nitrogens with one attached hydrogen (secondary N) is 1. The van der Waals surface area contributed by atoms with Crippen molar-refractivity contribution in [1.29, 1.82) is 0 Å². The molecule has 0 aromatic heterocycles. The molecule has 2 aromatic rings. The van der Waals surface area contributed by atoms with Gasteiger partial charge in [0.05, 0.1) is 0 Å². The highest BCUT2D eigenvalue weighted by Gasteiger charge is 2.11. The van der Waals surface area contributed by atoms with Gasteiger partial charge in [0.25, 0.3) is 0 Å². The lowest BCUT2D eigenvalue weighted by molar-refractivity contribution is 0.549. The second-order valence-electron chi connectivity index (χ2n) is 5.76. The van der Waals surface area contributed by atoms with Gasteiger partial charge in [-0.1, -0.05) is 73.1 Å². The van der Waals surface area contributed by atoms with E-state index in [0.717, 1.165) is 17.4 Å². The Bertz CT molecular complexity index is 543. The quantitative estimate of drug-likeness (QED) is 0.732. The third-order valence-corrected chi connectivity index (χ3v) is 4.34. The third-order valence-electron chi connectivity index (χ3n) is 3.81. The Morgan fingerprint density at radius 3 is 2.00 bits per heavy atom. The van der Waals surface area contributed by atoms with Gasteiger partial charge in [-0.3, -0.25) is 0 Å². The van der Waals surface area contributed by atoms with Crippen molar-refractivity contribution in [3.05, 3.63) is 69.7 Å². The van der Waals surface area contributed by atoms with Crippen LogP contribution in [0.4, 0.5) is 0 Å². The molecule has 2 heteroatoms. The zero-order valence-corrected chi connectivity index (χ0v) is 14.7. The molecule has 0 fully saturated rings. The van der Waals surface area contributed by atoms with Crippen LogP contribution in [-0.2, 0) is 6.42 Å². The van der Waals surface area contributed by atoms with Crippen LogP contribution in [0.5, 0.6) is 0 Å². The summed E-state index contributed by atoms with van der Waals surface area (Å²) in [7, 11) is 0. The van der Waals surface area contributed by atoms with E-state index >= 15 is 0 Å². The standard InChI is InChI=1S/C19H24BrN/c1-4-21-19(13-15-5-11-18(20)12-6-15)17-9-7-16(8-10-17)14(2)3/h5-12,14,19,21H,4,13H2,1-3H3. The molecule has 2 rings (SSSR count). The van der Waals surface area contributed by atoms with Gasteiger partial charge in [-0.05, 0) is 47.7 Å². The summed E-state index contributed by atoms with van der Waals surface area (Å²) in [5.41, 5.74) is 4.12. The Hall–Kier alpha value is -1.12. The van der Waals surface area contributed by atoms with Gasteiger partial charge in [0.15, 0.2) is 0 Å². The fourth-order valence-electron chi connectivity index (χ4n) is 2.52. The molecule has 0 bridgehead atoms. The van der Waals surface area contributed by atoms with Gasteiger partial charge in [0.2, 0.25) is 0 Å². The van der Waals surface area contributed by atoms with E-state index in [1.165, 1.54) is 16.7 Å². The molecule has 1 N–H and O–H groups in total. The van der Waals surface area contributed by atoms with Gasteiger partial charge in [-0.15, -0.1) is 0 Å². The number of halogens is 1. The van der Waals surface area contributed by atoms with E-state index in [4.69, 9.17) is 0 Å². The Labute approximate surface area is 136 Å². The average molecular weight is 346 g/mol. The van der Waals surface area contributed by atoms with Crippen LogP contribution >= 0.6 is 15.9 Å². The maximum Gasteiger partial charge on any atom is 0.0360 e. The number of hydrogen-bond donors (Lipinski definition) is 1. The van der Waals surface area contributed by atoms with Gasteiger partial charge in [-0.25, -0.2) is 0 Å². The summed E-state index contributed by atoms with van der Waals surface area (Å²) in [5.74, 6) is 0.586. The van der Waals surface area contributed by atoms with Crippen molar-refractivity contribution in [3.8, 4) is 0 Å². The van der Waals surface area contributed by atoms with Crippen LogP contribution in [0.15, 0.2) is 53.0 Å². The van der Waals surface area contributed by atoms with Gasteiger partial charge >= 0.3 is 0 Å². The molecule has 0 aliphatic heterocycles. The summed E-state index contributed by atoms with van der Waals surface area (Å²) in [5, 5.41) is 3.60. The van der Waals surface area contributed by atoms with Gasteiger partial charge in [0, 0.05) is 10.5 Å². The van der Waals surface area contributed by atoms with Crippen LogP contribution in [0.2, 0.25) is 0 Å². The lowest BCUT2D eigenvalue weighted by atomic mass is 9.95. The summed E-state index contributed by atoms with van der Waals surface area (Å²) in [4.78, 5) is 0. The predicted molar refractivity (Wildman–Crippen MR) is 94.8 cm³/mol. The maximum absolute atomic E-state index is 3.60. The van der Waals surface area contributed by atoms with Gasteiger partial charge in [0.1, 0.15) is 0 Å². The van der Waals surface area contributed by atoms with Crippen LogP contribution < -0.4 is 5.32 Å². The summed E-state index contributed by atoms with van der Waals surface area (Å²) in [6.07, 6.45) is 1.02. The van der Waals surface area contributed by atoms with E-state index in [2.05, 4.69) is 90.5 Å². The van der Waals surface area contributed by atoms with Gasteiger partial charge < -0.3 is 5.32 Å². The number of likely N-dealkylation sites (N-methyl/N-ethyl adjacent to an activating group) is 1. The first kappa shape index (κ1) is 16.3. The number of rotatable bonds is 6. The van der Waals surface area contributed by atoms with E-state index < -0.39 is 0 Å². The SMILES string of the molecule is CCNC(Cc1ccc(Br)cc1)c1ccc(C(C)C)cc1. The lowest BCUT2D eigenvalue weighted by Gasteiger charge is -2.19. The number of hydrogen-bond acceptors (Lipinski definition) is 1. The van der Waals surface area contributed by atoms with Crippen molar-refractivity contribution >= 4 is 15.9 Å². The van der Waals surface area contributed by atoms with Crippen LogP contribution in [0, 0.1) is 0 Å². The molecular weight excluding hydrogens is 322 g/mol. The molecule has 0 aliphatic carbocycles. The Kier molecular flexibility index (Phi) is 6.01. The minimum Gasteiger partial charge on any atom is -0.310 e. The van der Waals surface area contributed by atoms with Crippen molar-refractivity contribution < 1.29 is 0 Å². The predicted octanol–water partition coefficient (Wildman–Crippen LogP) is 5.47. The molecule has 1 atom stereocenters. The third kappa shape index (κ3) is 4.69. The van der Waals surface area contributed by atoms with Crippen molar-refractivity contribution in [3.63, 3.8) is 0 Å². The van der Waals surface area contributed by atoms with Crippen LogP contribution in [0.3, 0.4) is 0 Å². The molecule has 21 heavy (non-hydrogen) atoms. The van der Waals surface area contributed by atoms with E-state index in [1.807, 2.05) is 0 Å². The summed E-state index contributed by atoms with van der Waals surface area (Å²) in [6.45, 7) is 7.61. The smallest absolute Gasteiger partial charge is 0.0360 e. The molecule has 1 nitrogen and oxygen atoms in total. The molecule has 0 radical (unpaired) electrons. The second-order valence-corrected chi connectivity index (χ2v) is 6.68. The Morgan fingerprint density at radius 1 is 0.905 bits per heavy atom. The molecule has 0 saturated carbocycles. The summed E-state index contributed by atoms with van der Waals surface area (Å²) < 4.78 is 1.13. The molecule has 0 saturated heterocycles. The molecule has 0 amide bonds. The second kappa shape index (κ2) is 7.77. The monoisotopic (exact) mass is 345 g/mol. The molecule has 1 unspecified atom stereocenters. The Balaban J connectivity index is 2.15. The highest BCUT2D eigenvalue weighted by Crippen LogP contribution is 2.22. The minimum atomic E-state index is 0.373. The largest absolute Gasteiger partial charge is 0.310 e. The number of benzene rings is 2. The molecular formula is C19H24BrN. The molecule has 112 valence electrons. The first-order valence-electron chi connectivity index (χ1n) is 7.67. The highest BCUT2D eigenvalue weighted by molar-refractivity contribution is 9.10. The van der Waals surface area contributed by atoms with E-state index in [1.54, 1.807) is 0 Å². The molecule has 0 spiro atoms. The zero-order valence-electron chi connectivity index (χ0n) is 13.1. The normalized spacial score (nSPS) is 12.6. The van der Waals surface area contributed by atoms with Crippen LogP contribution in [-0.4, -0.2) is 6.54 Å². The fraction of sp³-hybridized carbons (Fsp3) is 0.368. The topological polar surface area (TPSA) is 12.0 Å².